The molecule has 0 aromatic heterocycles. The third kappa shape index (κ3) is 5.00. The summed E-state index contributed by atoms with van der Waals surface area (Å²) in [5, 5.41) is 9.19. The Labute approximate surface area is 131 Å². The van der Waals surface area contributed by atoms with Crippen molar-refractivity contribution in [2.24, 2.45) is 0 Å². The fourth-order valence-corrected chi connectivity index (χ4v) is 2.79. The molecule has 1 N–H and O–H groups in total. The highest BCUT2D eigenvalue weighted by molar-refractivity contribution is 5.89. The summed E-state index contributed by atoms with van der Waals surface area (Å²) in [6.07, 6.45) is 3.67. The van der Waals surface area contributed by atoms with Crippen molar-refractivity contribution in [1.29, 1.82) is 0 Å². The Bertz CT molecular complexity index is 407. The lowest BCUT2D eigenvalue weighted by molar-refractivity contribution is -0.168. The molecule has 1 rings (SSSR count). The van der Waals surface area contributed by atoms with Gasteiger partial charge in [-0.2, -0.15) is 0 Å². The lowest BCUT2D eigenvalue weighted by Gasteiger charge is -2.28. The van der Waals surface area contributed by atoms with Gasteiger partial charge >= 0.3 is 11.9 Å². The molecule has 0 aromatic carbocycles. The molecule has 126 valence electrons. The summed E-state index contributed by atoms with van der Waals surface area (Å²) in [7, 11) is 0. The van der Waals surface area contributed by atoms with Crippen LogP contribution in [0, 0.1) is 0 Å². The van der Waals surface area contributed by atoms with Crippen molar-refractivity contribution in [3.05, 3.63) is 0 Å². The van der Waals surface area contributed by atoms with Crippen molar-refractivity contribution in [1.82, 2.24) is 4.90 Å². The second-order valence-corrected chi connectivity index (χ2v) is 6.06. The first-order valence-corrected chi connectivity index (χ1v) is 8.13. The third-order valence-electron chi connectivity index (χ3n) is 3.94. The Balaban J connectivity index is 2.59. The molecule has 6 heteroatoms. The zero-order valence-electron chi connectivity index (χ0n) is 13.7. The normalized spacial score (nSPS) is 19.5. The Morgan fingerprint density at radius 2 is 2.00 bits per heavy atom. The highest BCUT2D eigenvalue weighted by atomic mass is 16.6. The number of amides is 1. The summed E-state index contributed by atoms with van der Waals surface area (Å²) in [6.45, 7) is 5.75. The van der Waals surface area contributed by atoms with Gasteiger partial charge in [0.15, 0.2) is 6.10 Å². The third-order valence-corrected chi connectivity index (χ3v) is 3.94. The molecule has 22 heavy (non-hydrogen) atoms. The molecule has 1 amide bonds. The van der Waals surface area contributed by atoms with Crippen molar-refractivity contribution in [3.8, 4) is 0 Å². The molecular formula is C16H27NO5. The smallest absolute Gasteiger partial charge is 0.345 e. The molecular weight excluding hydrogens is 286 g/mol. The maximum absolute atomic E-state index is 12.2. The molecule has 1 unspecified atom stereocenters. The average Bonchev–Trinajstić information content (AvgIpc) is 2.83. The van der Waals surface area contributed by atoms with Crippen LogP contribution in [0.5, 0.6) is 0 Å². The first-order valence-electron chi connectivity index (χ1n) is 8.13. The summed E-state index contributed by atoms with van der Waals surface area (Å²) in [6, 6.07) is -0.745. The predicted octanol–water partition coefficient (Wildman–Crippen LogP) is 2.35. The SMILES string of the molecule is CCCCCCC(OC(=O)[C@@H]1CCC(=O)N1C(C)C)C(=O)O. The molecule has 2 atom stereocenters. The second-order valence-electron chi connectivity index (χ2n) is 6.06. The molecule has 1 saturated heterocycles. The van der Waals surface area contributed by atoms with Crippen LogP contribution in [0.4, 0.5) is 0 Å². The number of likely N-dealkylation sites (tertiary alicyclic amines) is 1. The van der Waals surface area contributed by atoms with Gasteiger partial charge < -0.3 is 14.7 Å². The number of carboxylic acids is 1. The van der Waals surface area contributed by atoms with Crippen molar-refractivity contribution >= 4 is 17.8 Å². The van der Waals surface area contributed by atoms with E-state index in [1.54, 1.807) is 0 Å². The Kier molecular flexibility index (Phi) is 7.35. The van der Waals surface area contributed by atoms with E-state index in [9.17, 15) is 19.5 Å². The van der Waals surface area contributed by atoms with Crippen molar-refractivity contribution in [2.45, 2.75) is 83.9 Å². The maximum Gasteiger partial charge on any atom is 0.345 e. The van der Waals surface area contributed by atoms with Gasteiger partial charge in [0.2, 0.25) is 5.91 Å². The largest absolute Gasteiger partial charge is 0.479 e. The number of carbonyl (C=O) groups excluding carboxylic acids is 2. The van der Waals surface area contributed by atoms with E-state index in [2.05, 4.69) is 6.92 Å². The monoisotopic (exact) mass is 313 g/mol. The lowest BCUT2D eigenvalue weighted by Crippen LogP contribution is -2.45. The van der Waals surface area contributed by atoms with E-state index in [4.69, 9.17) is 4.74 Å². The molecule has 6 nitrogen and oxygen atoms in total. The first kappa shape index (κ1) is 18.5. The van der Waals surface area contributed by atoms with Gasteiger partial charge in [0.1, 0.15) is 6.04 Å². The van der Waals surface area contributed by atoms with E-state index in [1.165, 1.54) is 4.90 Å². The standard InChI is InChI=1S/C16H27NO5/c1-4-5-6-7-8-13(15(19)20)22-16(21)12-9-10-14(18)17(12)11(2)3/h11-13H,4-10H2,1-3H3,(H,19,20)/t12-,13?/m0/s1. The summed E-state index contributed by atoms with van der Waals surface area (Å²) < 4.78 is 5.17. The average molecular weight is 313 g/mol. The minimum atomic E-state index is -1.12. The second kappa shape index (κ2) is 8.76. The lowest BCUT2D eigenvalue weighted by atomic mass is 10.1. The fourth-order valence-electron chi connectivity index (χ4n) is 2.79. The van der Waals surface area contributed by atoms with Crippen molar-refractivity contribution in [2.75, 3.05) is 0 Å². The van der Waals surface area contributed by atoms with Crippen LogP contribution in [0.1, 0.15) is 65.7 Å². The van der Waals surface area contributed by atoms with Gasteiger partial charge in [0.25, 0.3) is 0 Å². The van der Waals surface area contributed by atoms with Crippen molar-refractivity contribution < 1.29 is 24.2 Å². The molecule has 1 aliphatic heterocycles. The zero-order chi connectivity index (χ0) is 16.7. The summed E-state index contributed by atoms with van der Waals surface area (Å²) in [5.74, 6) is -1.79. The van der Waals surface area contributed by atoms with E-state index < -0.39 is 24.1 Å². The molecule has 0 radical (unpaired) electrons. The molecule has 1 fully saturated rings. The van der Waals surface area contributed by atoms with E-state index in [-0.39, 0.29) is 11.9 Å². The van der Waals surface area contributed by atoms with E-state index in [1.807, 2.05) is 13.8 Å². The van der Waals surface area contributed by atoms with Gasteiger partial charge in [-0.05, 0) is 33.1 Å². The summed E-state index contributed by atoms with van der Waals surface area (Å²) in [5.41, 5.74) is 0. The van der Waals surface area contributed by atoms with Gasteiger partial charge in [-0.3, -0.25) is 4.79 Å². The molecule has 0 aliphatic carbocycles. The molecule has 0 saturated carbocycles. The highest BCUT2D eigenvalue weighted by Gasteiger charge is 2.40. The van der Waals surface area contributed by atoms with Gasteiger partial charge in [-0.1, -0.05) is 26.2 Å². The quantitative estimate of drug-likeness (QED) is 0.522. The number of esters is 1. The summed E-state index contributed by atoms with van der Waals surface area (Å²) >= 11 is 0. The summed E-state index contributed by atoms with van der Waals surface area (Å²) in [4.78, 5) is 36.8. The number of hydrogen-bond acceptors (Lipinski definition) is 4. The van der Waals surface area contributed by atoms with Crippen LogP contribution >= 0.6 is 0 Å². The van der Waals surface area contributed by atoms with Crippen LogP contribution in [-0.2, 0) is 19.1 Å². The topological polar surface area (TPSA) is 83.9 Å². The van der Waals surface area contributed by atoms with Gasteiger partial charge in [-0.25, -0.2) is 9.59 Å². The number of rotatable bonds is 9. The number of carbonyl (C=O) groups is 3. The van der Waals surface area contributed by atoms with Crippen LogP contribution in [-0.4, -0.2) is 46.0 Å². The zero-order valence-corrected chi connectivity index (χ0v) is 13.7. The molecule has 0 aromatic rings. The van der Waals surface area contributed by atoms with E-state index in [0.717, 1.165) is 25.7 Å². The predicted molar refractivity (Wildman–Crippen MR) is 81.3 cm³/mol. The number of aliphatic carboxylic acids is 1. The number of hydrogen-bond donors (Lipinski definition) is 1. The molecule has 1 aliphatic rings. The Morgan fingerprint density at radius 3 is 2.55 bits per heavy atom. The van der Waals surface area contributed by atoms with E-state index >= 15 is 0 Å². The van der Waals surface area contributed by atoms with Crippen LogP contribution in [0.2, 0.25) is 0 Å². The minimum absolute atomic E-state index is 0.0771. The highest BCUT2D eigenvalue weighted by Crippen LogP contribution is 2.23. The Morgan fingerprint density at radius 1 is 1.32 bits per heavy atom. The van der Waals surface area contributed by atoms with Crippen LogP contribution in [0.15, 0.2) is 0 Å². The number of unbranched alkanes of at least 4 members (excludes halogenated alkanes) is 3. The first-order chi connectivity index (χ1) is 10.4. The van der Waals surface area contributed by atoms with Crippen molar-refractivity contribution in [3.63, 3.8) is 0 Å². The van der Waals surface area contributed by atoms with Crippen LogP contribution < -0.4 is 0 Å². The van der Waals surface area contributed by atoms with Crippen LogP contribution in [0.25, 0.3) is 0 Å². The molecule has 0 bridgehead atoms. The van der Waals surface area contributed by atoms with Crippen LogP contribution in [0.3, 0.4) is 0 Å². The van der Waals surface area contributed by atoms with Gasteiger partial charge in [0, 0.05) is 12.5 Å². The fraction of sp³-hybridized carbons (Fsp3) is 0.812. The van der Waals surface area contributed by atoms with Gasteiger partial charge in [-0.15, -0.1) is 0 Å². The number of nitrogens with zero attached hydrogens (tertiary/aromatic N) is 1. The Hall–Kier alpha value is -1.59. The molecule has 0 spiro atoms. The van der Waals surface area contributed by atoms with E-state index in [0.29, 0.717) is 19.3 Å². The minimum Gasteiger partial charge on any atom is -0.479 e. The number of ether oxygens (including phenoxy) is 1. The molecule has 1 heterocycles. The maximum atomic E-state index is 12.2. The van der Waals surface area contributed by atoms with Gasteiger partial charge in [0.05, 0.1) is 0 Å². The number of carboxylic acid groups (broad SMARTS) is 1.